The third-order valence-corrected chi connectivity index (χ3v) is 4.60. The standard InChI is InChI=1S/C13H16BrClN2O.ClH/c1-16-9-4-3-7-17(8-9)13(18)10-5-2-6-11(14)12(10)15;/h2,5-6,9,16H,3-4,7-8H2,1H3;1H. The molecule has 6 heteroatoms. The van der Waals surface area contributed by atoms with Crippen molar-refractivity contribution in [3.63, 3.8) is 0 Å². The van der Waals surface area contributed by atoms with Gasteiger partial charge in [-0.15, -0.1) is 12.4 Å². The third-order valence-electron chi connectivity index (χ3n) is 3.30. The minimum atomic E-state index is 0. The lowest BCUT2D eigenvalue weighted by Gasteiger charge is -2.32. The first-order valence-electron chi connectivity index (χ1n) is 6.04. The normalized spacial score (nSPS) is 18.9. The van der Waals surface area contributed by atoms with E-state index in [-0.39, 0.29) is 18.3 Å². The molecule has 0 aromatic heterocycles. The zero-order chi connectivity index (χ0) is 13.1. The van der Waals surface area contributed by atoms with Crippen LogP contribution in [0.4, 0.5) is 0 Å². The van der Waals surface area contributed by atoms with Gasteiger partial charge in [-0.2, -0.15) is 0 Å². The first-order chi connectivity index (χ1) is 8.63. The molecule has 1 aromatic rings. The highest BCUT2D eigenvalue weighted by Gasteiger charge is 2.25. The van der Waals surface area contributed by atoms with Gasteiger partial charge in [0.05, 0.1) is 10.6 Å². The third kappa shape index (κ3) is 3.85. The van der Waals surface area contributed by atoms with Gasteiger partial charge in [0.2, 0.25) is 0 Å². The zero-order valence-electron chi connectivity index (χ0n) is 10.7. The smallest absolute Gasteiger partial charge is 0.255 e. The molecule has 1 heterocycles. The Morgan fingerprint density at radius 1 is 1.53 bits per heavy atom. The van der Waals surface area contributed by atoms with Crippen molar-refractivity contribution in [2.24, 2.45) is 0 Å². The Morgan fingerprint density at radius 3 is 2.95 bits per heavy atom. The Kier molecular flexibility index (Phi) is 6.60. The van der Waals surface area contributed by atoms with Crippen molar-refractivity contribution in [3.8, 4) is 0 Å². The van der Waals surface area contributed by atoms with Crippen molar-refractivity contribution in [1.82, 2.24) is 10.2 Å². The van der Waals surface area contributed by atoms with Crippen LogP contribution in [-0.2, 0) is 0 Å². The van der Waals surface area contributed by atoms with Gasteiger partial charge in [-0.3, -0.25) is 4.79 Å². The van der Waals surface area contributed by atoms with Crippen molar-refractivity contribution in [3.05, 3.63) is 33.3 Å². The van der Waals surface area contributed by atoms with Gasteiger partial charge in [-0.1, -0.05) is 17.7 Å². The molecule has 1 saturated heterocycles. The van der Waals surface area contributed by atoms with Crippen LogP contribution in [-0.4, -0.2) is 37.0 Å². The molecule has 0 radical (unpaired) electrons. The number of rotatable bonds is 2. The minimum Gasteiger partial charge on any atom is -0.337 e. The van der Waals surface area contributed by atoms with Crippen molar-refractivity contribution < 1.29 is 4.79 Å². The Balaban J connectivity index is 0.00000180. The largest absolute Gasteiger partial charge is 0.337 e. The number of likely N-dealkylation sites (tertiary alicyclic amines) is 1. The number of amides is 1. The van der Waals surface area contributed by atoms with Crippen molar-refractivity contribution in [1.29, 1.82) is 0 Å². The number of carbonyl (C=O) groups excluding carboxylic acids is 1. The molecule has 1 atom stereocenters. The summed E-state index contributed by atoms with van der Waals surface area (Å²) in [7, 11) is 1.94. The predicted octanol–water partition coefficient (Wildman–Crippen LogP) is 3.35. The molecule has 1 amide bonds. The number of carbonyl (C=O) groups is 1. The summed E-state index contributed by atoms with van der Waals surface area (Å²) < 4.78 is 0.761. The molecular weight excluding hydrogens is 351 g/mol. The molecule has 2 rings (SSSR count). The Morgan fingerprint density at radius 2 is 2.26 bits per heavy atom. The van der Waals surface area contributed by atoms with Crippen molar-refractivity contribution in [2.45, 2.75) is 18.9 Å². The van der Waals surface area contributed by atoms with Crippen LogP contribution in [0.2, 0.25) is 5.02 Å². The van der Waals surface area contributed by atoms with E-state index in [0.717, 1.165) is 30.4 Å². The molecular formula is C13H17BrCl2N2O. The molecule has 3 nitrogen and oxygen atoms in total. The van der Waals surface area contributed by atoms with Crippen molar-refractivity contribution >= 4 is 45.8 Å². The first-order valence-corrected chi connectivity index (χ1v) is 7.21. The minimum absolute atomic E-state index is 0. The summed E-state index contributed by atoms with van der Waals surface area (Å²) in [5.74, 6) is 0.0150. The fraction of sp³-hybridized carbons (Fsp3) is 0.462. The highest BCUT2D eigenvalue weighted by Crippen LogP contribution is 2.27. The Hall–Kier alpha value is -0.290. The molecule has 0 saturated carbocycles. The van der Waals surface area contributed by atoms with E-state index in [1.807, 2.05) is 24.1 Å². The fourth-order valence-corrected chi connectivity index (χ4v) is 2.81. The van der Waals surface area contributed by atoms with Gasteiger partial charge in [0.25, 0.3) is 5.91 Å². The maximum absolute atomic E-state index is 12.4. The number of hydrogen-bond acceptors (Lipinski definition) is 2. The van der Waals surface area contributed by atoms with Gasteiger partial charge in [-0.25, -0.2) is 0 Å². The highest BCUT2D eigenvalue weighted by molar-refractivity contribution is 9.10. The fourth-order valence-electron chi connectivity index (χ4n) is 2.24. The summed E-state index contributed by atoms with van der Waals surface area (Å²) in [5.41, 5.74) is 0.572. The van der Waals surface area contributed by atoms with E-state index in [1.54, 1.807) is 6.07 Å². The monoisotopic (exact) mass is 366 g/mol. The maximum atomic E-state index is 12.4. The average molecular weight is 368 g/mol. The number of likely N-dealkylation sites (N-methyl/N-ethyl adjacent to an activating group) is 1. The van der Waals surface area contributed by atoms with Crippen LogP contribution in [0.25, 0.3) is 0 Å². The summed E-state index contributed by atoms with van der Waals surface area (Å²) in [6.07, 6.45) is 2.15. The van der Waals surface area contributed by atoms with E-state index in [2.05, 4.69) is 21.2 Å². The second-order valence-corrected chi connectivity index (χ2v) is 5.71. The molecule has 1 unspecified atom stereocenters. The quantitative estimate of drug-likeness (QED) is 0.869. The summed E-state index contributed by atoms with van der Waals surface area (Å²) in [6, 6.07) is 5.83. The van der Waals surface area contributed by atoms with Crippen LogP contribution in [0.1, 0.15) is 23.2 Å². The predicted molar refractivity (Wildman–Crippen MR) is 84.4 cm³/mol. The second kappa shape index (κ2) is 7.48. The van der Waals surface area contributed by atoms with Crippen LogP contribution in [0.15, 0.2) is 22.7 Å². The Bertz CT molecular complexity index is 456. The lowest BCUT2D eigenvalue weighted by molar-refractivity contribution is 0.0698. The average Bonchev–Trinajstić information content (AvgIpc) is 2.41. The molecule has 106 valence electrons. The molecule has 1 aliphatic rings. The van der Waals surface area contributed by atoms with Gasteiger partial charge in [-0.05, 0) is 48.0 Å². The number of halogens is 3. The molecule has 1 N–H and O–H groups in total. The first kappa shape index (κ1) is 16.8. The van der Waals surface area contributed by atoms with Crippen LogP contribution in [0.5, 0.6) is 0 Å². The maximum Gasteiger partial charge on any atom is 0.255 e. The van der Waals surface area contributed by atoms with Gasteiger partial charge in [0.1, 0.15) is 0 Å². The number of piperidine rings is 1. The topological polar surface area (TPSA) is 32.3 Å². The second-order valence-electron chi connectivity index (χ2n) is 4.48. The van der Waals surface area contributed by atoms with Gasteiger partial charge >= 0.3 is 0 Å². The van der Waals surface area contributed by atoms with Gasteiger partial charge in [0.15, 0.2) is 0 Å². The van der Waals surface area contributed by atoms with E-state index in [9.17, 15) is 4.79 Å². The van der Waals surface area contributed by atoms with E-state index in [0.29, 0.717) is 16.6 Å². The van der Waals surface area contributed by atoms with Gasteiger partial charge < -0.3 is 10.2 Å². The van der Waals surface area contributed by atoms with Gasteiger partial charge in [0, 0.05) is 23.6 Å². The number of nitrogens with zero attached hydrogens (tertiary/aromatic N) is 1. The molecule has 1 aliphatic heterocycles. The van der Waals surface area contributed by atoms with E-state index < -0.39 is 0 Å². The zero-order valence-corrected chi connectivity index (χ0v) is 13.8. The van der Waals surface area contributed by atoms with E-state index in [1.165, 1.54) is 0 Å². The molecule has 1 fully saturated rings. The number of benzene rings is 1. The lowest BCUT2D eigenvalue weighted by Crippen LogP contribution is -2.47. The SMILES string of the molecule is CNC1CCCN(C(=O)c2cccc(Br)c2Cl)C1.Cl. The summed E-state index contributed by atoms with van der Waals surface area (Å²) in [6.45, 7) is 1.55. The number of nitrogens with one attached hydrogen (secondary N) is 1. The summed E-state index contributed by atoms with van der Waals surface area (Å²) >= 11 is 9.52. The highest BCUT2D eigenvalue weighted by atomic mass is 79.9. The number of hydrogen-bond donors (Lipinski definition) is 1. The Labute approximate surface area is 133 Å². The lowest BCUT2D eigenvalue weighted by atomic mass is 10.0. The molecule has 0 bridgehead atoms. The molecule has 0 spiro atoms. The van der Waals surface area contributed by atoms with E-state index in [4.69, 9.17) is 11.6 Å². The molecule has 0 aliphatic carbocycles. The van der Waals surface area contributed by atoms with Crippen LogP contribution in [0, 0.1) is 0 Å². The summed E-state index contributed by atoms with van der Waals surface area (Å²) in [5, 5.41) is 3.72. The molecule has 19 heavy (non-hydrogen) atoms. The van der Waals surface area contributed by atoms with Crippen molar-refractivity contribution in [2.75, 3.05) is 20.1 Å². The van der Waals surface area contributed by atoms with Crippen LogP contribution < -0.4 is 5.32 Å². The van der Waals surface area contributed by atoms with Crippen LogP contribution >= 0.6 is 39.9 Å². The summed E-state index contributed by atoms with van der Waals surface area (Å²) in [4.78, 5) is 14.3. The molecule has 1 aromatic carbocycles. The van der Waals surface area contributed by atoms with Crippen LogP contribution in [0.3, 0.4) is 0 Å². The van der Waals surface area contributed by atoms with E-state index >= 15 is 0 Å².